The van der Waals surface area contributed by atoms with Gasteiger partial charge in [-0.2, -0.15) is 0 Å². The highest BCUT2D eigenvalue weighted by Crippen LogP contribution is 2.13. The number of amides is 1. The minimum absolute atomic E-state index is 0.0482. The van der Waals surface area contributed by atoms with Crippen LogP contribution in [-0.4, -0.2) is 61.6 Å². The van der Waals surface area contributed by atoms with Crippen molar-refractivity contribution in [2.45, 2.75) is 13.5 Å². The maximum atomic E-state index is 11.6. The Morgan fingerprint density at radius 2 is 2.12 bits per heavy atom. The molecule has 0 aliphatic rings. The molecule has 1 aromatic heterocycles. The fraction of sp³-hybridized carbons (Fsp3) is 0.467. The van der Waals surface area contributed by atoms with E-state index >= 15 is 0 Å². The zero-order valence-electron chi connectivity index (χ0n) is 14.0. The number of sulfonamides is 1. The molecule has 0 unspecified atom stereocenters. The first-order valence-corrected chi connectivity index (χ1v) is 9.09. The third-order valence-electron chi connectivity index (χ3n) is 3.40. The molecule has 0 spiro atoms. The minimum Gasteiger partial charge on any atom is -0.364 e. The van der Waals surface area contributed by atoms with Crippen LogP contribution in [0.15, 0.2) is 18.2 Å². The predicted octanol–water partition coefficient (Wildman–Crippen LogP) is 0.396. The van der Waals surface area contributed by atoms with Crippen molar-refractivity contribution in [3.8, 4) is 0 Å². The van der Waals surface area contributed by atoms with Gasteiger partial charge in [0.15, 0.2) is 0 Å². The number of carbonyl (C=O) groups is 1. The van der Waals surface area contributed by atoms with Gasteiger partial charge in [-0.15, -0.1) is 0 Å². The van der Waals surface area contributed by atoms with E-state index in [0.29, 0.717) is 5.82 Å². The minimum atomic E-state index is -3.31. The van der Waals surface area contributed by atoms with Gasteiger partial charge in [-0.3, -0.25) is 4.79 Å². The van der Waals surface area contributed by atoms with Gasteiger partial charge in [0.25, 0.3) is 0 Å². The number of aryl methyl sites for hydroxylation is 1. The van der Waals surface area contributed by atoms with E-state index in [-0.39, 0.29) is 31.4 Å². The number of ether oxygens (including phenoxy) is 1. The third kappa shape index (κ3) is 5.02. The summed E-state index contributed by atoms with van der Waals surface area (Å²) in [6.45, 7) is 2.07. The average Bonchev–Trinajstić information content (AvgIpc) is 2.88. The van der Waals surface area contributed by atoms with Gasteiger partial charge in [-0.25, -0.2) is 17.7 Å². The Bertz CT molecular complexity index is 814. The van der Waals surface area contributed by atoms with Crippen LogP contribution in [-0.2, 0) is 26.2 Å². The number of nitrogens with zero attached hydrogens (tertiary/aromatic N) is 2. The topological polar surface area (TPSA) is 104 Å². The fourth-order valence-corrected chi connectivity index (χ4v) is 2.76. The van der Waals surface area contributed by atoms with Crippen LogP contribution in [0.2, 0.25) is 0 Å². The molecule has 1 amide bonds. The molecule has 9 heteroatoms. The van der Waals surface area contributed by atoms with Crippen LogP contribution in [0.1, 0.15) is 11.4 Å². The number of nitrogens with one attached hydrogen (secondary N) is 2. The van der Waals surface area contributed by atoms with E-state index in [0.717, 1.165) is 20.9 Å². The van der Waals surface area contributed by atoms with Crippen LogP contribution in [0.4, 0.5) is 0 Å². The zero-order valence-corrected chi connectivity index (χ0v) is 14.8. The van der Waals surface area contributed by atoms with Crippen LogP contribution >= 0.6 is 0 Å². The standard InChI is InChI=1S/C15H22N4O4S/c1-11-4-5-12-13(8-11)18-14(17-12)9-23-10-15(20)16-6-7-24(21,22)19(2)3/h4-5,8H,6-7,9-10H2,1-3H3,(H,16,20)(H,17,18). The van der Waals surface area contributed by atoms with Crippen molar-refractivity contribution in [3.05, 3.63) is 29.6 Å². The molecule has 2 rings (SSSR count). The van der Waals surface area contributed by atoms with E-state index in [2.05, 4.69) is 15.3 Å². The molecule has 0 saturated carbocycles. The summed E-state index contributed by atoms with van der Waals surface area (Å²) in [6.07, 6.45) is 0. The number of carbonyl (C=O) groups excluding carboxylic acids is 1. The van der Waals surface area contributed by atoms with Crippen LogP contribution < -0.4 is 5.32 Å². The summed E-state index contributed by atoms with van der Waals surface area (Å²) < 4.78 is 29.5. The number of imidazole rings is 1. The van der Waals surface area contributed by atoms with E-state index in [1.54, 1.807) is 0 Å². The summed E-state index contributed by atoms with van der Waals surface area (Å²) in [7, 11) is -0.406. The second-order valence-electron chi connectivity index (χ2n) is 5.65. The maximum Gasteiger partial charge on any atom is 0.246 e. The van der Waals surface area contributed by atoms with Crippen LogP contribution in [0.3, 0.4) is 0 Å². The quantitative estimate of drug-likeness (QED) is 0.714. The molecule has 8 nitrogen and oxygen atoms in total. The second-order valence-corrected chi connectivity index (χ2v) is 7.95. The van der Waals surface area contributed by atoms with E-state index in [4.69, 9.17) is 4.74 Å². The molecule has 1 aromatic carbocycles. The Hall–Kier alpha value is -1.97. The van der Waals surface area contributed by atoms with Gasteiger partial charge in [-0.05, 0) is 24.6 Å². The maximum absolute atomic E-state index is 11.6. The molecule has 1 heterocycles. The van der Waals surface area contributed by atoms with Crippen LogP contribution in [0.25, 0.3) is 11.0 Å². The van der Waals surface area contributed by atoms with Gasteiger partial charge in [0.1, 0.15) is 19.0 Å². The first kappa shape index (κ1) is 18.4. The van der Waals surface area contributed by atoms with E-state index in [1.807, 2.05) is 25.1 Å². The Balaban J connectivity index is 1.74. The number of rotatable bonds is 8. The average molecular weight is 354 g/mol. The number of H-pyrrole nitrogens is 1. The number of aromatic nitrogens is 2. The smallest absolute Gasteiger partial charge is 0.246 e. The molecule has 0 fully saturated rings. The molecule has 0 aliphatic carbocycles. The largest absolute Gasteiger partial charge is 0.364 e. The highest BCUT2D eigenvalue weighted by Gasteiger charge is 2.13. The van der Waals surface area contributed by atoms with E-state index in [1.165, 1.54) is 14.1 Å². The van der Waals surface area contributed by atoms with Gasteiger partial charge in [0, 0.05) is 20.6 Å². The summed E-state index contributed by atoms with van der Waals surface area (Å²) in [5.41, 5.74) is 2.90. The van der Waals surface area contributed by atoms with Gasteiger partial charge < -0.3 is 15.0 Å². The van der Waals surface area contributed by atoms with Crippen molar-refractivity contribution in [3.63, 3.8) is 0 Å². The van der Waals surface area contributed by atoms with Crippen molar-refractivity contribution < 1.29 is 17.9 Å². The number of benzene rings is 1. The highest BCUT2D eigenvalue weighted by molar-refractivity contribution is 7.89. The summed E-state index contributed by atoms with van der Waals surface area (Å²) >= 11 is 0. The normalized spacial score (nSPS) is 12.0. The highest BCUT2D eigenvalue weighted by atomic mass is 32.2. The molecule has 0 bridgehead atoms. The van der Waals surface area contributed by atoms with Crippen molar-refractivity contribution in [1.29, 1.82) is 0 Å². The first-order valence-electron chi connectivity index (χ1n) is 7.48. The van der Waals surface area contributed by atoms with Crippen molar-refractivity contribution in [2.75, 3.05) is 33.0 Å². The van der Waals surface area contributed by atoms with Gasteiger partial charge in [-0.1, -0.05) is 6.07 Å². The van der Waals surface area contributed by atoms with Gasteiger partial charge in [0.05, 0.1) is 16.8 Å². The van der Waals surface area contributed by atoms with Crippen LogP contribution in [0.5, 0.6) is 0 Å². The summed E-state index contributed by atoms with van der Waals surface area (Å²) in [5, 5.41) is 2.51. The molecule has 24 heavy (non-hydrogen) atoms. The molecular weight excluding hydrogens is 332 g/mol. The SMILES string of the molecule is Cc1ccc2nc(COCC(=O)NCCS(=O)(=O)N(C)C)[nH]c2c1. The Morgan fingerprint density at radius 3 is 2.83 bits per heavy atom. The number of aromatic amines is 1. The first-order chi connectivity index (χ1) is 11.3. The third-order valence-corrected chi connectivity index (χ3v) is 5.23. The van der Waals surface area contributed by atoms with E-state index in [9.17, 15) is 13.2 Å². The van der Waals surface area contributed by atoms with Gasteiger partial charge in [0.2, 0.25) is 15.9 Å². The number of fused-ring (bicyclic) bond motifs is 1. The van der Waals surface area contributed by atoms with Crippen LogP contribution in [0, 0.1) is 6.92 Å². The Labute approximate surface area is 141 Å². The molecule has 0 saturated heterocycles. The van der Waals surface area contributed by atoms with Crippen molar-refractivity contribution in [2.24, 2.45) is 0 Å². The molecular formula is C15H22N4O4S. The van der Waals surface area contributed by atoms with E-state index < -0.39 is 10.0 Å². The summed E-state index contributed by atoms with van der Waals surface area (Å²) in [5.74, 6) is 0.129. The molecule has 0 atom stereocenters. The molecule has 2 aromatic rings. The predicted molar refractivity (Wildman–Crippen MR) is 91.0 cm³/mol. The lowest BCUT2D eigenvalue weighted by Crippen LogP contribution is -2.35. The fourth-order valence-electron chi connectivity index (χ4n) is 2.04. The number of hydrogen-bond acceptors (Lipinski definition) is 5. The van der Waals surface area contributed by atoms with Gasteiger partial charge >= 0.3 is 0 Å². The summed E-state index contributed by atoms with van der Waals surface area (Å²) in [4.78, 5) is 19.1. The molecule has 0 radical (unpaired) electrons. The molecule has 0 aliphatic heterocycles. The molecule has 2 N–H and O–H groups in total. The lowest BCUT2D eigenvalue weighted by atomic mass is 10.2. The van der Waals surface area contributed by atoms with Crippen molar-refractivity contribution >= 4 is 27.0 Å². The second kappa shape index (κ2) is 7.73. The number of hydrogen-bond donors (Lipinski definition) is 2. The lowest BCUT2D eigenvalue weighted by molar-refractivity contribution is -0.126. The zero-order chi connectivity index (χ0) is 17.7. The summed E-state index contributed by atoms with van der Waals surface area (Å²) in [6, 6.07) is 5.88. The molecule has 132 valence electrons. The monoisotopic (exact) mass is 354 g/mol. The van der Waals surface area contributed by atoms with Crippen molar-refractivity contribution in [1.82, 2.24) is 19.6 Å². The Kier molecular flexibility index (Phi) is 5.92. The lowest BCUT2D eigenvalue weighted by Gasteiger charge is -2.11. The Morgan fingerprint density at radius 1 is 1.38 bits per heavy atom.